The quantitative estimate of drug-likeness (QED) is 0.891. The normalized spacial score (nSPS) is 21.3. The second kappa shape index (κ2) is 6.28. The summed E-state index contributed by atoms with van der Waals surface area (Å²) < 4.78 is 6.55. The first-order chi connectivity index (χ1) is 10.5. The van der Waals surface area contributed by atoms with Gasteiger partial charge in [0.05, 0.1) is 0 Å². The molecular formula is C16H18BrNO4. The number of likely N-dealkylation sites (tertiary alicyclic amines) is 1. The van der Waals surface area contributed by atoms with Crippen molar-refractivity contribution in [2.75, 3.05) is 19.7 Å². The van der Waals surface area contributed by atoms with Gasteiger partial charge in [0, 0.05) is 29.5 Å². The fraction of sp³-hybridized carbons (Fsp3) is 0.500. The average Bonchev–Trinajstić information content (AvgIpc) is 2.89. The van der Waals surface area contributed by atoms with Crippen molar-refractivity contribution in [3.05, 3.63) is 28.2 Å². The van der Waals surface area contributed by atoms with Gasteiger partial charge in [-0.2, -0.15) is 0 Å². The molecule has 1 amide bonds. The molecule has 0 aromatic heterocycles. The zero-order valence-corrected chi connectivity index (χ0v) is 13.7. The summed E-state index contributed by atoms with van der Waals surface area (Å²) in [5, 5.41) is 8.85. The number of carbonyl (C=O) groups excluding carboxylic acids is 1. The highest BCUT2D eigenvalue weighted by Gasteiger charge is 2.35. The third-order valence-corrected chi connectivity index (χ3v) is 4.93. The molecule has 1 fully saturated rings. The number of carboxylic acids is 1. The van der Waals surface area contributed by atoms with Gasteiger partial charge in [0.1, 0.15) is 18.3 Å². The second-order valence-electron chi connectivity index (χ2n) is 5.91. The van der Waals surface area contributed by atoms with Crippen molar-refractivity contribution < 1.29 is 19.4 Å². The lowest BCUT2D eigenvalue weighted by atomic mass is 9.92. The van der Waals surface area contributed by atoms with Gasteiger partial charge in [-0.05, 0) is 37.0 Å². The first-order valence-electron chi connectivity index (χ1n) is 7.47. The highest BCUT2D eigenvalue weighted by Crippen LogP contribution is 2.37. The number of halogens is 1. The molecule has 118 valence electrons. The van der Waals surface area contributed by atoms with Crippen LogP contribution in [0.1, 0.15) is 30.7 Å². The molecule has 1 saturated heterocycles. The lowest BCUT2D eigenvalue weighted by molar-refractivity contribution is -0.139. The summed E-state index contributed by atoms with van der Waals surface area (Å²) in [6.45, 7) is 1.66. The summed E-state index contributed by atoms with van der Waals surface area (Å²) in [5.74, 6) is 0.0482. The van der Waals surface area contributed by atoms with Crippen molar-refractivity contribution in [1.82, 2.24) is 4.90 Å². The van der Waals surface area contributed by atoms with Crippen molar-refractivity contribution in [2.45, 2.75) is 25.2 Å². The number of fused-ring (bicyclic) bond motifs is 1. The topological polar surface area (TPSA) is 66.8 Å². The van der Waals surface area contributed by atoms with E-state index in [2.05, 4.69) is 15.9 Å². The molecule has 1 aromatic carbocycles. The number of benzene rings is 1. The highest BCUT2D eigenvalue weighted by atomic mass is 79.9. The van der Waals surface area contributed by atoms with Crippen LogP contribution in [0.3, 0.4) is 0 Å². The van der Waals surface area contributed by atoms with Crippen molar-refractivity contribution in [3.8, 4) is 5.75 Å². The molecular weight excluding hydrogens is 350 g/mol. The van der Waals surface area contributed by atoms with Gasteiger partial charge in [-0.25, -0.2) is 0 Å². The Morgan fingerprint density at radius 2 is 2.05 bits per heavy atom. The van der Waals surface area contributed by atoms with Crippen LogP contribution in [-0.2, 0) is 9.59 Å². The maximum atomic E-state index is 12.7. The van der Waals surface area contributed by atoms with E-state index in [1.54, 1.807) is 0 Å². The number of piperidine rings is 1. The van der Waals surface area contributed by atoms with E-state index in [1.807, 2.05) is 23.1 Å². The van der Waals surface area contributed by atoms with E-state index in [0.29, 0.717) is 19.7 Å². The van der Waals surface area contributed by atoms with Gasteiger partial charge >= 0.3 is 5.97 Å². The summed E-state index contributed by atoms with van der Waals surface area (Å²) in [6, 6.07) is 5.73. The van der Waals surface area contributed by atoms with E-state index in [0.717, 1.165) is 28.6 Å². The average molecular weight is 368 g/mol. The van der Waals surface area contributed by atoms with E-state index < -0.39 is 5.97 Å². The molecule has 2 aliphatic heterocycles. The van der Waals surface area contributed by atoms with Gasteiger partial charge in [0.15, 0.2) is 0 Å². The number of aliphatic carboxylic acids is 1. The predicted octanol–water partition coefficient (Wildman–Crippen LogP) is 2.64. The van der Waals surface area contributed by atoms with Crippen LogP contribution in [0.15, 0.2) is 22.7 Å². The molecule has 1 atom stereocenters. The molecule has 0 saturated carbocycles. The summed E-state index contributed by atoms with van der Waals surface area (Å²) in [4.78, 5) is 25.3. The van der Waals surface area contributed by atoms with Crippen molar-refractivity contribution in [1.29, 1.82) is 0 Å². The zero-order chi connectivity index (χ0) is 15.7. The largest absolute Gasteiger partial charge is 0.492 e. The van der Waals surface area contributed by atoms with E-state index in [9.17, 15) is 9.59 Å². The third-order valence-electron chi connectivity index (χ3n) is 4.44. The molecule has 0 bridgehead atoms. The summed E-state index contributed by atoms with van der Waals surface area (Å²) in [5.41, 5.74) is 0.937. The number of hydrogen-bond acceptors (Lipinski definition) is 3. The van der Waals surface area contributed by atoms with Crippen LogP contribution in [0.2, 0.25) is 0 Å². The Hall–Kier alpha value is -1.56. The monoisotopic (exact) mass is 367 g/mol. The zero-order valence-electron chi connectivity index (χ0n) is 12.1. The smallest absolute Gasteiger partial charge is 0.303 e. The van der Waals surface area contributed by atoms with Gasteiger partial charge in [0.25, 0.3) is 0 Å². The molecule has 0 spiro atoms. The molecule has 2 aliphatic rings. The standard InChI is InChI=1S/C16H18BrNO4/c17-11-1-2-14-12(8-11)13(9-22-14)16(21)18-5-3-10(4-6-18)7-15(19)20/h1-2,8,10,13H,3-7,9H2,(H,19,20). The Balaban J connectivity index is 1.65. The number of carbonyl (C=O) groups is 2. The summed E-state index contributed by atoms with van der Waals surface area (Å²) in [7, 11) is 0. The molecule has 22 heavy (non-hydrogen) atoms. The fourth-order valence-electron chi connectivity index (χ4n) is 3.22. The Bertz CT molecular complexity index is 596. The van der Waals surface area contributed by atoms with Crippen molar-refractivity contribution >= 4 is 27.8 Å². The number of hydrogen-bond donors (Lipinski definition) is 1. The molecule has 6 heteroatoms. The molecule has 0 aliphatic carbocycles. The van der Waals surface area contributed by atoms with Crippen LogP contribution in [0, 0.1) is 5.92 Å². The Labute approximate surface area is 137 Å². The van der Waals surface area contributed by atoms with E-state index in [-0.39, 0.29) is 24.2 Å². The van der Waals surface area contributed by atoms with E-state index in [1.165, 1.54) is 0 Å². The van der Waals surface area contributed by atoms with Crippen molar-refractivity contribution in [3.63, 3.8) is 0 Å². The molecule has 1 aromatic rings. The van der Waals surface area contributed by atoms with Gasteiger partial charge in [-0.15, -0.1) is 0 Å². The van der Waals surface area contributed by atoms with Gasteiger partial charge in [-0.1, -0.05) is 15.9 Å². The van der Waals surface area contributed by atoms with E-state index >= 15 is 0 Å². The van der Waals surface area contributed by atoms with Gasteiger partial charge in [0.2, 0.25) is 5.91 Å². The number of carboxylic acid groups (broad SMARTS) is 1. The highest BCUT2D eigenvalue weighted by molar-refractivity contribution is 9.10. The minimum absolute atomic E-state index is 0.0885. The van der Waals surface area contributed by atoms with Gasteiger partial charge < -0.3 is 14.7 Å². The fourth-order valence-corrected chi connectivity index (χ4v) is 3.59. The summed E-state index contributed by atoms with van der Waals surface area (Å²) in [6.07, 6.45) is 1.72. The lowest BCUT2D eigenvalue weighted by Gasteiger charge is -2.32. The molecule has 1 N–H and O–H groups in total. The maximum Gasteiger partial charge on any atom is 0.303 e. The van der Waals surface area contributed by atoms with E-state index in [4.69, 9.17) is 9.84 Å². The first kappa shape index (κ1) is 15.3. The predicted molar refractivity (Wildman–Crippen MR) is 83.9 cm³/mol. The maximum absolute atomic E-state index is 12.7. The Kier molecular flexibility index (Phi) is 4.38. The summed E-state index contributed by atoms with van der Waals surface area (Å²) >= 11 is 3.43. The van der Waals surface area contributed by atoms with Crippen LogP contribution in [0.25, 0.3) is 0 Å². The number of nitrogens with zero attached hydrogens (tertiary/aromatic N) is 1. The van der Waals surface area contributed by atoms with Crippen LogP contribution in [0.4, 0.5) is 0 Å². The third kappa shape index (κ3) is 3.11. The van der Waals surface area contributed by atoms with Gasteiger partial charge in [-0.3, -0.25) is 9.59 Å². The Morgan fingerprint density at radius 1 is 1.32 bits per heavy atom. The number of rotatable bonds is 3. The van der Waals surface area contributed by atoms with Crippen LogP contribution in [0.5, 0.6) is 5.75 Å². The molecule has 5 nitrogen and oxygen atoms in total. The molecule has 0 radical (unpaired) electrons. The van der Waals surface area contributed by atoms with Crippen molar-refractivity contribution in [2.24, 2.45) is 5.92 Å². The SMILES string of the molecule is O=C(O)CC1CCN(C(=O)C2COc3ccc(Br)cc32)CC1. The second-order valence-corrected chi connectivity index (χ2v) is 6.83. The van der Waals surface area contributed by atoms with Crippen LogP contribution < -0.4 is 4.74 Å². The number of ether oxygens (including phenoxy) is 1. The van der Waals surface area contributed by atoms with Crippen LogP contribution in [-0.4, -0.2) is 41.6 Å². The first-order valence-corrected chi connectivity index (χ1v) is 8.26. The minimum Gasteiger partial charge on any atom is -0.492 e. The molecule has 2 heterocycles. The molecule has 1 unspecified atom stereocenters. The number of amides is 1. The minimum atomic E-state index is -0.757. The van der Waals surface area contributed by atoms with Crippen LogP contribution >= 0.6 is 15.9 Å². The molecule has 3 rings (SSSR count). The lowest BCUT2D eigenvalue weighted by Crippen LogP contribution is -2.41. The Morgan fingerprint density at radius 3 is 2.73 bits per heavy atom.